The van der Waals surface area contributed by atoms with Crippen molar-refractivity contribution in [1.82, 2.24) is 14.2 Å². The Balaban J connectivity index is 1.24. The number of ether oxygens (including phenoxy) is 1. The summed E-state index contributed by atoms with van der Waals surface area (Å²) < 4.78 is 36.3. The van der Waals surface area contributed by atoms with Gasteiger partial charge < -0.3 is 14.2 Å². The summed E-state index contributed by atoms with van der Waals surface area (Å²) in [5, 5.41) is 0.961. The van der Waals surface area contributed by atoms with Gasteiger partial charge in [-0.3, -0.25) is 9.59 Å². The fraction of sp³-hybridized carbons (Fsp3) is 0.484. The lowest BCUT2D eigenvalue weighted by Crippen LogP contribution is -2.43. The van der Waals surface area contributed by atoms with Gasteiger partial charge in [0.15, 0.2) is 0 Å². The van der Waals surface area contributed by atoms with Crippen LogP contribution in [-0.2, 0) is 37.8 Å². The molecule has 2 aromatic carbocycles. The van der Waals surface area contributed by atoms with Crippen molar-refractivity contribution in [2.45, 2.75) is 68.7 Å². The topological polar surface area (TPSA) is 97.7 Å². The maximum Gasteiger partial charge on any atom is 0.305 e. The van der Waals surface area contributed by atoms with Gasteiger partial charge in [-0.15, -0.1) is 0 Å². The number of carbonyl (C=O) groups is 2. The minimum atomic E-state index is -3.70. The van der Waals surface area contributed by atoms with E-state index in [2.05, 4.69) is 10.8 Å². The van der Waals surface area contributed by atoms with Gasteiger partial charge in [-0.1, -0.05) is 30.3 Å². The number of rotatable bonds is 8. The van der Waals surface area contributed by atoms with Crippen LogP contribution in [0, 0.1) is 5.92 Å². The summed E-state index contributed by atoms with van der Waals surface area (Å²) in [7, 11) is -0.369. The van der Waals surface area contributed by atoms with E-state index in [9.17, 15) is 18.0 Å². The fourth-order valence-corrected chi connectivity index (χ4v) is 7.39. The average Bonchev–Trinajstić information content (AvgIpc) is 3.32. The molecule has 1 saturated carbocycles. The quantitative estimate of drug-likeness (QED) is 0.396. The highest BCUT2D eigenvalue weighted by Gasteiger charge is 2.32. The molecule has 0 atom stereocenters. The zero-order valence-corrected chi connectivity index (χ0v) is 24.2. The Morgan fingerprint density at radius 3 is 2.33 bits per heavy atom. The molecule has 2 fully saturated rings. The van der Waals surface area contributed by atoms with E-state index in [0.29, 0.717) is 25.7 Å². The molecule has 9 heteroatoms. The van der Waals surface area contributed by atoms with Gasteiger partial charge in [0.25, 0.3) is 0 Å². The summed E-state index contributed by atoms with van der Waals surface area (Å²) in [6.45, 7) is 1.72. The fourth-order valence-electron chi connectivity index (χ4n) is 6.06. The van der Waals surface area contributed by atoms with Crippen LogP contribution in [0.3, 0.4) is 0 Å². The molecule has 1 amide bonds. The Morgan fingerprint density at radius 1 is 0.950 bits per heavy atom. The van der Waals surface area contributed by atoms with Gasteiger partial charge in [0, 0.05) is 55.1 Å². The number of nitrogens with one attached hydrogen (secondary N) is 1. The number of hydrogen-bond acceptors (Lipinski definition) is 5. The standard InChI is InChI=1S/C31H39N3O5S/c1-33-28(23-9-6-22(7-10-23)8-17-30(35)39-2)20-25-13-16-27(21-29(25)33)40(37,38)32-26-14-11-24(12-15-26)31(36)34-18-4-3-5-19-34/h6-7,9-10,13,16,20-21,24,26,32H,3-5,8,11-12,14-15,17-19H2,1-2H3/t24-,26-. The van der Waals surface area contributed by atoms with Gasteiger partial charge in [-0.25, -0.2) is 13.1 Å². The van der Waals surface area contributed by atoms with Gasteiger partial charge in [-0.05, 0) is 80.7 Å². The average molecular weight is 566 g/mol. The normalized spacial score (nSPS) is 20.0. The van der Waals surface area contributed by atoms with Crippen molar-refractivity contribution in [3.8, 4) is 11.3 Å². The molecule has 2 aliphatic rings. The molecule has 1 saturated heterocycles. The monoisotopic (exact) mass is 565 g/mol. The lowest BCUT2D eigenvalue weighted by atomic mass is 9.85. The van der Waals surface area contributed by atoms with Gasteiger partial charge in [0.1, 0.15) is 0 Å². The van der Waals surface area contributed by atoms with Crippen molar-refractivity contribution in [3.05, 3.63) is 54.1 Å². The lowest BCUT2D eigenvalue weighted by Gasteiger charge is -2.34. The van der Waals surface area contributed by atoms with E-state index in [1.54, 1.807) is 12.1 Å². The minimum Gasteiger partial charge on any atom is -0.469 e. The Labute approximate surface area is 236 Å². The summed E-state index contributed by atoms with van der Waals surface area (Å²) in [6.07, 6.45) is 7.12. The first-order valence-corrected chi connectivity index (χ1v) is 15.8. The molecule has 5 rings (SSSR count). The van der Waals surface area contributed by atoms with Crippen molar-refractivity contribution in [2.24, 2.45) is 13.0 Å². The molecule has 3 aromatic rings. The summed E-state index contributed by atoms with van der Waals surface area (Å²) >= 11 is 0. The number of nitrogens with zero attached hydrogens (tertiary/aromatic N) is 2. The highest BCUT2D eigenvalue weighted by Crippen LogP contribution is 2.31. The maximum atomic E-state index is 13.3. The number of amides is 1. The molecule has 0 unspecified atom stereocenters. The van der Waals surface area contributed by atoms with Crippen LogP contribution in [0.2, 0.25) is 0 Å². The van der Waals surface area contributed by atoms with E-state index in [1.807, 2.05) is 46.8 Å². The van der Waals surface area contributed by atoms with Crippen LogP contribution in [0.15, 0.2) is 53.4 Å². The number of fused-ring (bicyclic) bond motifs is 1. The summed E-state index contributed by atoms with van der Waals surface area (Å²) in [5.74, 6) is 0.0364. The first-order chi connectivity index (χ1) is 19.2. The third kappa shape index (κ3) is 6.25. The SMILES string of the molecule is COC(=O)CCc1ccc(-c2cc3ccc(S(=O)(=O)N[C@H]4CC[C@H](C(=O)N5CCCCC5)CC4)cc3n2C)cc1. The third-order valence-corrected chi connectivity index (χ3v) is 10.0. The Morgan fingerprint density at radius 2 is 1.65 bits per heavy atom. The molecule has 0 spiro atoms. The smallest absolute Gasteiger partial charge is 0.305 e. The first kappa shape index (κ1) is 28.4. The number of methoxy groups -OCH3 is 1. The highest BCUT2D eigenvalue weighted by molar-refractivity contribution is 7.89. The first-order valence-electron chi connectivity index (χ1n) is 14.3. The van der Waals surface area contributed by atoms with E-state index in [4.69, 9.17) is 4.74 Å². The zero-order chi connectivity index (χ0) is 28.3. The molecule has 1 N–H and O–H groups in total. The Hall–Kier alpha value is -3.17. The van der Waals surface area contributed by atoms with Crippen LogP contribution in [0.5, 0.6) is 0 Å². The largest absolute Gasteiger partial charge is 0.469 e. The van der Waals surface area contributed by atoms with Crippen molar-refractivity contribution in [2.75, 3.05) is 20.2 Å². The van der Waals surface area contributed by atoms with E-state index >= 15 is 0 Å². The lowest BCUT2D eigenvalue weighted by molar-refractivity contribution is -0.140. The molecular formula is C31H39N3O5S. The molecule has 2 heterocycles. The number of likely N-dealkylation sites (tertiary alicyclic amines) is 1. The van der Waals surface area contributed by atoms with Crippen LogP contribution in [0.1, 0.15) is 56.9 Å². The molecule has 1 aliphatic heterocycles. The van der Waals surface area contributed by atoms with Crippen LogP contribution in [-0.4, -0.2) is 56.0 Å². The van der Waals surface area contributed by atoms with Crippen molar-refractivity contribution in [1.29, 1.82) is 0 Å². The number of esters is 1. The maximum absolute atomic E-state index is 13.3. The zero-order valence-electron chi connectivity index (χ0n) is 23.4. The van der Waals surface area contributed by atoms with Gasteiger partial charge in [0.2, 0.25) is 15.9 Å². The number of sulfonamides is 1. The van der Waals surface area contributed by atoms with Crippen molar-refractivity contribution >= 4 is 32.8 Å². The highest BCUT2D eigenvalue weighted by atomic mass is 32.2. The predicted molar refractivity (Wildman–Crippen MR) is 155 cm³/mol. The molecule has 1 aromatic heterocycles. The molecule has 0 radical (unpaired) electrons. The molecule has 0 bridgehead atoms. The molecule has 214 valence electrons. The van der Waals surface area contributed by atoms with E-state index in [-0.39, 0.29) is 28.7 Å². The molecule has 8 nitrogen and oxygen atoms in total. The minimum absolute atomic E-state index is 0.0129. The second-order valence-corrected chi connectivity index (χ2v) is 12.9. The number of aromatic nitrogens is 1. The van der Waals surface area contributed by atoms with Crippen LogP contribution in [0.4, 0.5) is 0 Å². The van der Waals surface area contributed by atoms with E-state index < -0.39 is 10.0 Å². The van der Waals surface area contributed by atoms with Crippen LogP contribution >= 0.6 is 0 Å². The van der Waals surface area contributed by atoms with Gasteiger partial charge in [-0.2, -0.15) is 0 Å². The van der Waals surface area contributed by atoms with Gasteiger partial charge in [0.05, 0.1) is 12.0 Å². The number of carbonyl (C=O) groups excluding carboxylic acids is 2. The number of piperidine rings is 1. The molecular weight excluding hydrogens is 526 g/mol. The summed E-state index contributed by atoms with van der Waals surface area (Å²) in [5.41, 5.74) is 3.88. The number of hydrogen-bond donors (Lipinski definition) is 1. The predicted octanol–water partition coefficient (Wildman–Crippen LogP) is 4.80. The molecule has 1 aliphatic carbocycles. The van der Waals surface area contributed by atoms with E-state index in [1.165, 1.54) is 13.5 Å². The second kappa shape index (κ2) is 12.1. The Kier molecular flexibility index (Phi) is 8.61. The van der Waals surface area contributed by atoms with Crippen LogP contribution in [0.25, 0.3) is 22.2 Å². The van der Waals surface area contributed by atoms with Crippen molar-refractivity contribution in [3.63, 3.8) is 0 Å². The Bertz CT molecular complexity index is 1460. The van der Waals surface area contributed by atoms with Gasteiger partial charge >= 0.3 is 5.97 Å². The van der Waals surface area contributed by atoms with Crippen LogP contribution < -0.4 is 4.72 Å². The molecule has 40 heavy (non-hydrogen) atoms. The number of aryl methyl sites for hydroxylation is 2. The summed E-state index contributed by atoms with van der Waals surface area (Å²) in [6, 6.07) is 15.2. The summed E-state index contributed by atoms with van der Waals surface area (Å²) in [4.78, 5) is 26.6. The number of benzene rings is 2. The second-order valence-electron chi connectivity index (χ2n) is 11.1. The van der Waals surface area contributed by atoms with Crippen molar-refractivity contribution < 1.29 is 22.7 Å². The third-order valence-electron chi connectivity index (χ3n) is 8.49. The van der Waals surface area contributed by atoms with E-state index in [0.717, 1.165) is 66.5 Å².